The number of halogens is 3. The molecule has 1 amide bonds. The Balaban J connectivity index is 2.80. The molecule has 0 aromatic carbocycles. The van der Waals surface area contributed by atoms with Crippen molar-refractivity contribution in [3.63, 3.8) is 0 Å². The van der Waals surface area contributed by atoms with Gasteiger partial charge in [0.05, 0.1) is 6.42 Å². The van der Waals surface area contributed by atoms with Crippen LogP contribution in [0.1, 0.15) is 13.3 Å². The third-order valence-electron chi connectivity index (χ3n) is 1.43. The lowest BCUT2D eigenvalue weighted by atomic mass is 10.1. The van der Waals surface area contributed by atoms with Crippen molar-refractivity contribution in [3.8, 4) is 0 Å². The molecule has 0 saturated carbocycles. The van der Waals surface area contributed by atoms with Crippen LogP contribution in [0.5, 0.6) is 0 Å². The number of hydrogen-bond acceptors (Lipinski definition) is 2. The smallest absolute Gasteiger partial charge is 0.315 e. The summed E-state index contributed by atoms with van der Waals surface area (Å²) in [6.07, 6.45) is -5.03. The van der Waals surface area contributed by atoms with Crippen LogP contribution in [0.3, 0.4) is 0 Å². The second-order valence-corrected chi connectivity index (χ2v) is 2.52. The fraction of sp³-hybridized carbons (Fsp3) is 0.667. The number of amides is 1. The molecule has 0 fully saturated rings. The predicted molar refractivity (Wildman–Crippen MR) is 35.7 cm³/mol. The summed E-state index contributed by atoms with van der Waals surface area (Å²) in [5, 5.41) is 2.19. The molecule has 1 aliphatic rings. The maximum Gasteiger partial charge on any atom is 0.411 e. The molecule has 0 bridgehead atoms. The first-order valence-electron chi connectivity index (χ1n) is 3.30. The molecule has 6 heteroatoms. The van der Waals surface area contributed by atoms with E-state index >= 15 is 0 Å². The van der Waals surface area contributed by atoms with Gasteiger partial charge in [0, 0.05) is 0 Å². The van der Waals surface area contributed by atoms with E-state index in [1.54, 1.807) is 0 Å². The maximum absolute atomic E-state index is 12.0. The summed E-state index contributed by atoms with van der Waals surface area (Å²) in [4.78, 5) is 13.9. The van der Waals surface area contributed by atoms with Gasteiger partial charge in [0.2, 0.25) is 5.91 Å². The first-order valence-corrected chi connectivity index (χ1v) is 3.30. The lowest BCUT2D eigenvalue weighted by Gasteiger charge is -2.20. The van der Waals surface area contributed by atoms with E-state index in [0.717, 1.165) is 0 Å². The van der Waals surface area contributed by atoms with Crippen LogP contribution in [0.15, 0.2) is 4.99 Å². The fourth-order valence-corrected chi connectivity index (χ4v) is 0.929. The number of rotatable bonds is 0. The number of amidine groups is 1. The zero-order valence-corrected chi connectivity index (χ0v) is 6.27. The van der Waals surface area contributed by atoms with Crippen molar-refractivity contribution in [2.24, 2.45) is 4.99 Å². The molecular weight excluding hydrogens is 173 g/mol. The standard InChI is InChI=1S/C6H7F3N2O/c1-3-10-4(6(7,8)9)2-5(12)11-3/h4H,2H2,1H3,(H,10,11,12). The van der Waals surface area contributed by atoms with E-state index in [0.29, 0.717) is 0 Å². The number of hydrogen-bond donors (Lipinski definition) is 1. The van der Waals surface area contributed by atoms with Crippen molar-refractivity contribution in [2.45, 2.75) is 25.6 Å². The van der Waals surface area contributed by atoms with Gasteiger partial charge in [-0.25, -0.2) is 0 Å². The summed E-state index contributed by atoms with van der Waals surface area (Å²) in [5.41, 5.74) is 0. The van der Waals surface area contributed by atoms with Gasteiger partial charge in [-0.1, -0.05) is 0 Å². The Bertz CT molecular complexity index is 233. The highest BCUT2D eigenvalue weighted by Gasteiger charge is 2.42. The number of alkyl halides is 3. The molecule has 68 valence electrons. The lowest BCUT2D eigenvalue weighted by molar-refractivity contribution is -0.155. The van der Waals surface area contributed by atoms with Gasteiger partial charge < -0.3 is 5.32 Å². The molecule has 12 heavy (non-hydrogen) atoms. The predicted octanol–water partition coefficient (Wildman–Crippen LogP) is 0.856. The molecule has 1 rings (SSSR count). The van der Waals surface area contributed by atoms with Crippen LogP contribution in [-0.2, 0) is 4.79 Å². The van der Waals surface area contributed by atoms with E-state index in [1.165, 1.54) is 6.92 Å². The van der Waals surface area contributed by atoms with Crippen molar-refractivity contribution >= 4 is 11.7 Å². The Morgan fingerprint density at radius 1 is 1.58 bits per heavy atom. The van der Waals surface area contributed by atoms with E-state index in [2.05, 4.69) is 10.3 Å². The molecule has 1 unspecified atom stereocenters. The Hall–Kier alpha value is -1.07. The second-order valence-electron chi connectivity index (χ2n) is 2.52. The topological polar surface area (TPSA) is 41.5 Å². The quantitative estimate of drug-likeness (QED) is 0.590. The van der Waals surface area contributed by atoms with Gasteiger partial charge in [-0.05, 0) is 6.92 Å². The third-order valence-corrected chi connectivity index (χ3v) is 1.43. The SMILES string of the molecule is CC1=NC(C(F)(F)F)CC(=O)N1. The monoisotopic (exact) mass is 180 g/mol. The zero-order chi connectivity index (χ0) is 9.35. The van der Waals surface area contributed by atoms with E-state index in [-0.39, 0.29) is 5.84 Å². The summed E-state index contributed by atoms with van der Waals surface area (Å²) in [6.45, 7) is 1.33. The fourth-order valence-electron chi connectivity index (χ4n) is 0.929. The minimum atomic E-state index is -4.42. The Morgan fingerprint density at radius 2 is 2.17 bits per heavy atom. The Morgan fingerprint density at radius 3 is 2.58 bits per heavy atom. The summed E-state index contributed by atoms with van der Waals surface area (Å²) >= 11 is 0. The lowest BCUT2D eigenvalue weighted by Crippen LogP contribution is -2.42. The average Bonchev–Trinajstić information content (AvgIpc) is 1.82. The minimum absolute atomic E-state index is 0.0218. The second kappa shape index (κ2) is 2.76. The maximum atomic E-state index is 12.0. The van der Waals surface area contributed by atoms with Crippen LogP contribution < -0.4 is 5.32 Å². The van der Waals surface area contributed by atoms with Crippen molar-refractivity contribution in [1.29, 1.82) is 0 Å². The zero-order valence-electron chi connectivity index (χ0n) is 6.27. The first-order chi connectivity index (χ1) is 5.39. The highest BCUT2D eigenvalue weighted by Crippen LogP contribution is 2.26. The molecule has 3 nitrogen and oxygen atoms in total. The average molecular weight is 180 g/mol. The molecule has 1 heterocycles. The highest BCUT2D eigenvalue weighted by molar-refractivity contribution is 5.99. The number of carbonyl (C=O) groups excluding carboxylic acids is 1. The molecular formula is C6H7F3N2O. The molecule has 1 atom stereocenters. The third kappa shape index (κ3) is 1.96. The number of carbonyl (C=O) groups is 1. The van der Waals surface area contributed by atoms with Crippen molar-refractivity contribution in [2.75, 3.05) is 0 Å². The molecule has 0 saturated heterocycles. The van der Waals surface area contributed by atoms with Gasteiger partial charge in [-0.15, -0.1) is 0 Å². The normalized spacial score (nSPS) is 24.8. The molecule has 1 N–H and O–H groups in total. The van der Waals surface area contributed by atoms with Gasteiger partial charge in [0.15, 0.2) is 6.04 Å². The number of aliphatic imine (C=N–C) groups is 1. The van der Waals surface area contributed by atoms with Crippen LogP contribution >= 0.6 is 0 Å². The summed E-state index contributed by atoms with van der Waals surface area (Å²) in [5.74, 6) is -0.613. The molecule has 0 aromatic rings. The van der Waals surface area contributed by atoms with E-state index in [1.807, 2.05) is 0 Å². The molecule has 0 spiro atoms. The van der Waals surface area contributed by atoms with Gasteiger partial charge in [-0.3, -0.25) is 9.79 Å². The van der Waals surface area contributed by atoms with Crippen LogP contribution in [0.25, 0.3) is 0 Å². The van der Waals surface area contributed by atoms with Gasteiger partial charge >= 0.3 is 6.18 Å². The molecule has 1 aliphatic heterocycles. The van der Waals surface area contributed by atoms with Crippen LogP contribution in [0.4, 0.5) is 13.2 Å². The Labute approximate surface area is 66.7 Å². The molecule has 0 aromatic heterocycles. The van der Waals surface area contributed by atoms with Gasteiger partial charge in [-0.2, -0.15) is 13.2 Å². The highest BCUT2D eigenvalue weighted by atomic mass is 19.4. The Kier molecular flexibility index (Phi) is 2.08. The summed E-state index contributed by atoms with van der Waals surface area (Å²) in [6, 6.07) is -1.87. The van der Waals surface area contributed by atoms with E-state index in [9.17, 15) is 18.0 Å². The van der Waals surface area contributed by atoms with Crippen LogP contribution in [0, 0.1) is 0 Å². The van der Waals surface area contributed by atoms with Gasteiger partial charge in [0.25, 0.3) is 0 Å². The summed E-state index contributed by atoms with van der Waals surface area (Å²) < 4.78 is 36.0. The molecule has 0 radical (unpaired) electrons. The van der Waals surface area contributed by atoms with E-state index in [4.69, 9.17) is 0 Å². The van der Waals surface area contributed by atoms with E-state index < -0.39 is 24.5 Å². The van der Waals surface area contributed by atoms with Gasteiger partial charge in [0.1, 0.15) is 5.84 Å². The summed E-state index contributed by atoms with van der Waals surface area (Å²) in [7, 11) is 0. The minimum Gasteiger partial charge on any atom is -0.315 e. The largest absolute Gasteiger partial charge is 0.411 e. The van der Waals surface area contributed by atoms with Crippen molar-refractivity contribution < 1.29 is 18.0 Å². The van der Waals surface area contributed by atoms with Crippen LogP contribution in [0.2, 0.25) is 0 Å². The van der Waals surface area contributed by atoms with Crippen LogP contribution in [-0.4, -0.2) is 24.0 Å². The van der Waals surface area contributed by atoms with Crippen molar-refractivity contribution in [1.82, 2.24) is 5.32 Å². The first kappa shape index (κ1) is 9.02. The van der Waals surface area contributed by atoms with Crippen molar-refractivity contribution in [3.05, 3.63) is 0 Å². The number of nitrogens with one attached hydrogen (secondary N) is 1. The number of nitrogens with zero attached hydrogens (tertiary/aromatic N) is 1. The molecule has 0 aliphatic carbocycles.